The van der Waals surface area contributed by atoms with Gasteiger partial charge in [0.25, 0.3) is 0 Å². The fraction of sp³-hybridized carbons (Fsp3) is 0. The number of halogens is 2. The quantitative estimate of drug-likeness (QED) is 0.365. The Bertz CT molecular complexity index is 12.5. The summed E-state index contributed by atoms with van der Waals surface area (Å²) in [7, 11) is 0. The minimum atomic E-state index is 0. The average molecular weight is 234 g/mol. The molecule has 0 bridgehead atoms. The van der Waals surface area contributed by atoms with Crippen LogP contribution in [0, 0.1) is 0 Å². The molecule has 0 fully saturated rings. The van der Waals surface area contributed by atoms with Gasteiger partial charge in [-0.1, -0.05) is 0 Å². The van der Waals surface area contributed by atoms with Gasteiger partial charge in [-0.15, -0.1) is 34.0 Å². The first-order chi connectivity index (χ1) is 0. The zero-order valence-electron chi connectivity index (χ0n) is 6.82. The van der Waals surface area contributed by atoms with E-state index < -0.39 is 0 Å². The van der Waals surface area contributed by atoms with Crippen molar-refractivity contribution in [1.82, 2.24) is 0 Å². The fourth-order valence-corrected chi connectivity index (χ4v) is 0. The van der Waals surface area contributed by atoms with Gasteiger partial charge in [-0.3, -0.25) is 0 Å². The molecule has 0 aromatic rings. The smallest absolute Gasteiger partial charge is 1.00 e. The Labute approximate surface area is 124 Å². The summed E-state index contributed by atoms with van der Waals surface area (Å²) in [6.45, 7) is 0. The Morgan fingerprint density at radius 3 is 0.600 bits per heavy atom. The van der Waals surface area contributed by atoms with Crippen LogP contribution in [0.4, 0.5) is 0 Å². The van der Waals surface area contributed by atoms with E-state index >= 15 is 0 Å². The predicted octanol–water partition coefficient (Wildman–Crippen LogP) is -7.49. The van der Waals surface area contributed by atoms with Gasteiger partial charge in [-0.05, 0) is 0 Å². The summed E-state index contributed by atoms with van der Waals surface area (Å²) in [5, 5.41) is 0. The van der Waals surface area contributed by atoms with Crippen LogP contribution >= 0.6 is 34.0 Å². The van der Waals surface area contributed by atoms with Crippen molar-refractivity contribution >= 4 is 34.0 Å². The number of rotatable bonds is 0. The van der Waals surface area contributed by atoms with Crippen molar-refractivity contribution in [2.45, 2.75) is 0 Å². The van der Waals surface area contributed by atoms with E-state index in [-0.39, 0.29) is 127 Å². The zero-order chi connectivity index (χ0) is 0. The first-order valence-electron chi connectivity index (χ1n) is 0. The molecule has 0 atom stereocenters. The third-order valence-electron chi connectivity index (χ3n) is 0. The van der Waals surface area contributed by atoms with E-state index in [1.54, 1.807) is 0 Å². The van der Waals surface area contributed by atoms with Crippen LogP contribution in [0.15, 0.2) is 0 Å². The number of hydrogen-bond acceptors (Lipinski definition) is 0. The van der Waals surface area contributed by atoms with Gasteiger partial charge in [-0.25, -0.2) is 0 Å². The molecule has 5 heavy (non-hydrogen) atoms. The van der Waals surface area contributed by atoms with E-state index in [1.165, 1.54) is 0 Å². The second-order valence-corrected chi connectivity index (χ2v) is 0. The summed E-state index contributed by atoms with van der Waals surface area (Å²) in [6, 6.07) is 0. The second-order valence-electron chi connectivity index (χ2n) is 0. The molecule has 0 radical (unpaired) electrons. The molecule has 0 amide bonds. The van der Waals surface area contributed by atoms with Crippen LogP contribution in [-0.4, -0.2) is 0 Å². The molecule has 0 aliphatic heterocycles. The van der Waals surface area contributed by atoms with Crippen LogP contribution in [0.2, 0.25) is 0 Å². The van der Waals surface area contributed by atoms with E-state index in [4.69, 9.17) is 0 Å². The fourth-order valence-electron chi connectivity index (χ4n) is 0. The minimum Gasteiger partial charge on any atom is -1.00 e. The monoisotopic (exact) mass is 232 g/mol. The van der Waals surface area contributed by atoms with Gasteiger partial charge in [0.1, 0.15) is 0 Å². The predicted molar refractivity (Wildman–Crippen MR) is 24.0 cm³/mol. The molecule has 0 N–H and O–H groups in total. The molecule has 0 aliphatic rings. The van der Waals surface area contributed by atoms with Gasteiger partial charge < -0.3 is 4.28 Å². The van der Waals surface area contributed by atoms with Crippen LogP contribution in [0.25, 0.3) is 0 Å². The molecule has 0 saturated heterocycles. The third-order valence-corrected chi connectivity index (χ3v) is 0. The van der Waals surface area contributed by atoms with Crippen LogP contribution in [-0.2, 0) is 0 Å². The first kappa shape index (κ1) is 36.2. The van der Waals surface area contributed by atoms with Crippen molar-refractivity contribution < 1.29 is 93.0 Å². The maximum Gasteiger partial charge on any atom is 1.00 e. The van der Waals surface area contributed by atoms with Crippen LogP contribution in [0.1, 0.15) is 4.28 Å². The zero-order valence-corrected chi connectivity index (χ0v) is 13.2. The average Bonchev–Trinajstić information content (AvgIpc) is 0. The molecule has 0 aliphatic carbocycles. The largest absolute Gasteiger partial charge is 1.00 e. The van der Waals surface area contributed by atoms with Gasteiger partial charge in [0.2, 0.25) is 0 Å². The molecule has 0 nitrogen and oxygen atoms in total. The Kier molecular flexibility index (Phi) is 178. The van der Waals surface area contributed by atoms with Crippen molar-refractivity contribution in [2.24, 2.45) is 0 Å². The summed E-state index contributed by atoms with van der Waals surface area (Å²) in [6.07, 6.45) is 0. The van der Waals surface area contributed by atoms with Gasteiger partial charge >= 0.3 is 88.7 Å². The van der Waals surface area contributed by atoms with Crippen molar-refractivity contribution in [3.63, 3.8) is 0 Å². The third kappa shape index (κ3) is 18.0. The molecular formula is H5Br2Na3. The Morgan fingerprint density at radius 1 is 0.600 bits per heavy atom. The Morgan fingerprint density at radius 2 is 0.600 bits per heavy atom. The second kappa shape index (κ2) is 24.6. The van der Waals surface area contributed by atoms with E-state index in [0.717, 1.165) is 0 Å². The molecule has 0 heterocycles. The van der Waals surface area contributed by atoms with E-state index in [1.807, 2.05) is 0 Å². The van der Waals surface area contributed by atoms with Crippen molar-refractivity contribution in [3.8, 4) is 0 Å². The van der Waals surface area contributed by atoms with Crippen LogP contribution in [0.5, 0.6) is 0 Å². The molecule has 0 aromatic carbocycles. The summed E-state index contributed by atoms with van der Waals surface area (Å²) in [5.74, 6) is 0. The number of hydrogen-bond donors (Lipinski definition) is 0. The summed E-state index contributed by atoms with van der Waals surface area (Å²) < 4.78 is 0. The van der Waals surface area contributed by atoms with Crippen LogP contribution < -0.4 is 88.7 Å². The Hall–Kier alpha value is 3.96. The topological polar surface area (TPSA) is 0 Å². The van der Waals surface area contributed by atoms with Crippen molar-refractivity contribution in [3.05, 3.63) is 0 Å². The van der Waals surface area contributed by atoms with Crippen LogP contribution in [0.3, 0.4) is 0 Å². The van der Waals surface area contributed by atoms with E-state index in [2.05, 4.69) is 0 Å². The SMILES string of the molecule is Br.Br.[H-].[H-].[H-].[Na+].[Na+].[Na+]. The Balaban J connectivity index is 0. The van der Waals surface area contributed by atoms with Gasteiger partial charge in [0.15, 0.2) is 0 Å². The van der Waals surface area contributed by atoms with E-state index in [9.17, 15) is 0 Å². The maximum absolute atomic E-state index is 0. The molecule has 0 rings (SSSR count). The summed E-state index contributed by atoms with van der Waals surface area (Å²) >= 11 is 0. The first-order valence-corrected chi connectivity index (χ1v) is 0. The summed E-state index contributed by atoms with van der Waals surface area (Å²) in [5.41, 5.74) is 0. The molecule has 0 saturated carbocycles. The van der Waals surface area contributed by atoms with Gasteiger partial charge in [0, 0.05) is 0 Å². The molecule has 0 unspecified atom stereocenters. The van der Waals surface area contributed by atoms with Crippen molar-refractivity contribution in [1.29, 1.82) is 0 Å². The van der Waals surface area contributed by atoms with E-state index in [0.29, 0.717) is 0 Å². The van der Waals surface area contributed by atoms with Crippen molar-refractivity contribution in [2.75, 3.05) is 0 Å². The molecule has 0 spiro atoms. The molecule has 5 heteroatoms. The maximum atomic E-state index is 0. The van der Waals surface area contributed by atoms with Gasteiger partial charge in [0.05, 0.1) is 0 Å². The molecule has 22 valence electrons. The molecule has 0 aromatic heterocycles. The molecular weight excluding hydrogens is 229 g/mol. The van der Waals surface area contributed by atoms with Gasteiger partial charge in [-0.2, -0.15) is 0 Å². The minimum absolute atomic E-state index is 0. The normalized spacial score (nSPS) is 0. The standard InChI is InChI=1S/2BrH.3Na.3H/h2*1H;;;;;;/q;;3*+1;3*-1. The summed E-state index contributed by atoms with van der Waals surface area (Å²) in [4.78, 5) is 0.